The van der Waals surface area contributed by atoms with Crippen LogP contribution in [0.3, 0.4) is 0 Å². The normalized spacial score (nSPS) is 11.1. The first-order valence-electron chi connectivity index (χ1n) is 7.32. The highest BCUT2D eigenvalue weighted by Gasteiger charge is 2.12. The predicted octanol–water partition coefficient (Wildman–Crippen LogP) is 2.97. The summed E-state index contributed by atoms with van der Waals surface area (Å²) >= 11 is 0. The number of aryl methyl sites for hydroxylation is 2. The first-order chi connectivity index (χ1) is 9.97. The molecule has 5 heteroatoms. The van der Waals surface area contributed by atoms with Gasteiger partial charge in [0, 0.05) is 19.7 Å². The molecule has 0 fully saturated rings. The van der Waals surface area contributed by atoms with Crippen molar-refractivity contribution in [2.75, 3.05) is 6.54 Å². The van der Waals surface area contributed by atoms with E-state index in [1.807, 2.05) is 43.8 Å². The molecule has 0 bridgehead atoms. The van der Waals surface area contributed by atoms with Gasteiger partial charge in [-0.2, -0.15) is 5.10 Å². The van der Waals surface area contributed by atoms with E-state index in [4.69, 9.17) is 4.74 Å². The minimum atomic E-state index is 0.609. The fourth-order valence-corrected chi connectivity index (χ4v) is 2.11. The Bertz CT molecular complexity index is 604. The Balaban J connectivity index is 2.07. The molecule has 0 aliphatic carbocycles. The van der Waals surface area contributed by atoms with Crippen LogP contribution in [0.5, 0.6) is 11.6 Å². The van der Waals surface area contributed by atoms with Crippen molar-refractivity contribution in [3.63, 3.8) is 0 Å². The first-order valence-corrected chi connectivity index (χ1v) is 7.32. The van der Waals surface area contributed by atoms with Gasteiger partial charge in [0.15, 0.2) is 5.75 Å². The lowest BCUT2D eigenvalue weighted by molar-refractivity contribution is 0.451. The summed E-state index contributed by atoms with van der Waals surface area (Å²) in [6.07, 6.45) is 0. The Kier molecular flexibility index (Phi) is 4.96. The van der Waals surface area contributed by atoms with E-state index in [0.29, 0.717) is 11.8 Å². The molecule has 0 amide bonds. The fraction of sp³-hybridized carbons (Fsp3) is 0.500. The van der Waals surface area contributed by atoms with Gasteiger partial charge in [-0.05, 0) is 32.4 Å². The third-order valence-electron chi connectivity index (χ3n) is 3.29. The number of hydrogen-bond donors (Lipinski definition) is 1. The molecule has 2 rings (SSSR count). The largest absolute Gasteiger partial charge is 0.435 e. The van der Waals surface area contributed by atoms with Crippen molar-refractivity contribution in [2.24, 2.45) is 13.0 Å². The van der Waals surface area contributed by atoms with Gasteiger partial charge in [0.05, 0.1) is 11.4 Å². The number of aromatic nitrogens is 3. The monoisotopic (exact) mass is 288 g/mol. The van der Waals surface area contributed by atoms with Gasteiger partial charge in [0.1, 0.15) is 5.69 Å². The standard InChI is InChI=1S/C16H24N4O/c1-11(2)9-17-10-14-7-6-8-15(18-14)21-16-12(3)19-20(5)13(16)4/h6-8,11,17H,9-10H2,1-5H3. The molecule has 0 aliphatic rings. The number of pyridine rings is 1. The van der Waals surface area contributed by atoms with Crippen molar-refractivity contribution < 1.29 is 4.74 Å². The van der Waals surface area contributed by atoms with E-state index < -0.39 is 0 Å². The molecule has 114 valence electrons. The Morgan fingerprint density at radius 1 is 1.29 bits per heavy atom. The van der Waals surface area contributed by atoms with Crippen LogP contribution in [-0.2, 0) is 13.6 Å². The molecule has 0 aromatic carbocycles. The second kappa shape index (κ2) is 6.72. The molecule has 0 unspecified atom stereocenters. The van der Waals surface area contributed by atoms with E-state index in [1.165, 1.54) is 0 Å². The van der Waals surface area contributed by atoms with E-state index in [9.17, 15) is 0 Å². The molecular formula is C16H24N4O. The highest BCUT2D eigenvalue weighted by molar-refractivity contribution is 5.35. The topological polar surface area (TPSA) is 52.0 Å². The summed E-state index contributed by atoms with van der Waals surface area (Å²) in [5, 5.41) is 7.73. The van der Waals surface area contributed by atoms with Gasteiger partial charge in [-0.25, -0.2) is 4.98 Å². The van der Waals surface area contributed by atoms with Crippen molar-refractivity contribution in [3.8, 4) is 11.6 Å². The maximum atomic E-state index is 5.91. The molecular weight excluding hydrogens is 264 g/mol. The van der Waals surface area contributed by atoms with E-state index in [0.717, 1.165) is 35.9 Å². The molecule has 21 heavy (non-hydrogen) atoms. The zero-order chi connectivity index (χ0) is 15.4. The quantitative estimate of drug-likeness (QED) is 0.888. The molecule has 0 saturated carbocycles. The predicted molar refractivity (Wildman–Crippen MR) is 83.5 cm³/mol. The second-order valence-corrected chi connectivity index (χ2v) is 5.72. The van der Waals surface area contributed by atoms with Crippen molar-refractivity contribution in [1.29, 1.82) is 0 Å². The van der Waals surface area contributed by atoms with Crippen LogP contribution in [0.4, 0.5) is 0 Å². The summed E-state index contributed by atoms with van der Waals surface area (Å²) in [4.78, 5) is 4.53. The van der Waals surface area contributed by atoms with Gasteiger partial charge in [0.25, 0.3) is 0 Å². The van der Waals surface area contributed by atoms with E-state index in [-0.39, 0.29) is 0 Å². The minimum Gasteiger partial charge on any atom is -0.435 e. The summed E-state index contributed by atoms with van der Waals surface area (Å²) in [7, 11) is 1.91. The van der Waals surface area contributed by atoms with Crippen LogP contribution in [0.1, 0.15) is 30.9 Å². The van der Waals surface area contributed by atoms with Crippen LogP contribution in [-0.4, -0.2) is 21.3 Å². The fourth-order valence-electron chi connectivity index (χ4n) is 2.11. The summed E-state index contributed by atoms with van der Waals surface area (Å²) in [5.41, 5.74) is 2.85. The average molecular weight is 288 g/mol. The Hall–Kier alpha value is -1.88. The van der Waals surface area contributed by atoms with Crippen LogP contribution in [0.25, 0.3) is 0 Å². The average Bonchev–Trinajstić information content (AvgIpc) is 2.66. The highest BCUT2D eigenvalue weighted by atomic mass is 16.5. The van der Waals surface area contributed by atoms with Crippen molar-refractivity contribution in [2.45, 2.75) is 34.2 Å². The number of rotatable bonds is 6. The SMILES string of the molecule is Cc1nn(C)c(C)c1Oc1cccc(CNCC(C)C)n1. The summed E-state index contributed by atoms with van der Waals surface area (Å²) < 4.78 is 7.72. The highest BCUT2D eigenvalue weighted by Crippen LogP contribution is 2.26. The van der Waals surface area contributed by atoms with Gasteiger partial charge in [-0.3, -0.25) is 4.68 Å². The maximum Gasteiger partial charge on any atom is 0.219 e. The second-order valence-electron chi connectivity index (χ2n) is 5.72. The van der Waals surface area contributed by atoms with Gasteiger partial charge < -0.3 is 10.1 Å². The summed E-state index contributed by atoms with van der Waals surface area (Å²) in [6.45, 7) is 10.0. The zero-order valence-electron chi connectivity index (χ0n) is 13.5. The molecule has 2 aromatic heterocycles. The molecule has 0 spiro atoms. The van der Waals surface area contributed by atoms with Crippen LogP contribution < -0.4 is 10.1 Å². The lowest BCUT2D eigenvalue weighted by atomic mass is 10.2. The van der Waals surface area contributed by atoms with Gasteiger partial charge >= 0.3 is 0 Å². The molecule has 2 aromatic rings. The lowest BCUT2D eigenvalue weighted by Crippen LogP contribution is -2.19. The minimum absolute atomic E-state index is 0.609. The van der Waals surface area contributed by atoms with Crippen LogP contribution in [0.15, 0.2) is 18.2 Å². The third-order valence-corrected chi connectivity index (χ3v) is 3.29. The maximum absolute atomic E-state index is 5.91. The number of hydrogen-bond acceptors (Lipinski definition) is 4. The number of nitrogens with one attached hydrogen (secondary N) is 1. The molecule has 0 radical (unpaired) electrons. The zero-order valence-corrected chi connectivity index (χ0v) is 13.5. The smallest absolute Gasteiger partial charge is 0.219 e. The number of ether oxygens (including phenoxy) is 1. The van der Waals surface area contributed by atoms with Crippen LogP contribution in [0, 0.1) is 19.8 Å². The Morgan fingerprint density at radius 2 is 2.05 bits per heavy atom. The summed E-state index contributed by atoms with van der Waals surface area (Å²) in [5.74, 6) is 2.03. The van der Waals surface area contributed by atoms with Gasteiger partial charge in [-0.1, -0.05) is 19.9 Å². The summed E-state index contributed by atoms with van der Waals surface area (Å²) in [6, 6.07) is 5.84. The van der Waals surface area contributed by atoms with E-state index >= 15 is 0 Å². The molecule has 1 N–H and O–H groups in total. The molecule has 0 aliphatic heterocycles. The Morgan fingerprint density at radius 3 is 2.67 bits per heavy atom. The van der Waals surface area contributed by atoms with Crippen LogP contribution in [0.2, 0.25) is 0 Å². The first kappa shape index (κ1) is 15.5. The van der Waals surface area contributed by atoms with E-state index in [2.05, 4.69) is 29.2 Å². The van der Waals surface area contributed by atoms with Gasteiger partial charge in [-0.15, -0.1) is 0 Å². The molecule has 0 atom stereocenters. The van der Waals surface area contributed by atoms with Crippen molar-refractivity contribution >= 4 is 0 Å². The van der Waals surface area contributed by atoms with Crippen molar-refractivity contribution in [1.82, 2.24) is 20.1 Å². The van der Waals surface area contributed by atoms with Gasteiger partial charge in [0.2, 0.25) is 5.88 Å². The lowest BCUT2D eigenvalue weighted by Gasteiger charge is -2.09. The van der Waals surface area contributed by atoms with E-state index in [1.54, 1.807) is 0 Å². The molecule has 5 nitrogen and oxygen atoms in total. The third kappa shape index (κ3) is 4.04. The number of nitrogens with zero attached hydrogens (tertiary/aromatic N) is 3. The van der Waals surface area contributed by atoms with Crippen molar-refractivity contribution in [3.05, 3.63) is 35.3 Å². The molecule has 2 heterocycles. The Labute approximate surface area is 126 Å². The molecule has 0 saturated heterocycles. The van der Waals surface area contributed by atoms with Crippen LogP contribution >= 0.6 is 0 Å².